The van der Waals surface area contributed by atoms with Crippen LogP contribution in [0, 0.1) is 5.92 Å². The lowest BCUT2D eigenvalue weighted by molar-refractivity contribution is -0.119. The number of amides is 1. The standard InChI is InChI=1S/C17H20N4OS/c1-21-9-13(11-5-3-2-4-6-11)14(10-21)15(22)18-17-20-19-16(23-17)12-7-8-12/h2-6,12-14H,7-10H2,1H3,(H,18,20,22). The third kappa shape index (κ3) is 3.14. The summed E-state index contributed by atoms with van der Waals surface area (Å²) in [4.78, 5) is 15.0. The van der Waals surface area contributed by atoms with E-state index in [0.717, 1.165) is 18.1 Å². The summed E-state index contributed by atoms with van der Waals surface area (Å²) in [6.07, 6.45) is 2.40. The molecule has 120 valence electrons. The van der Waals surface area contributed by atoms with E-state index in [1.807, 2.05) is 18.2 Å². The summed E-state index contributed by atoms with van der Waals surface area (Å²) < 4.78 is 0. The molecule has 23 heavy (non-hydrogen) atoms. The van der Waals surface area contributed by atoms with Crippen LogP contribution < -0.4 is 5.32 Å². The Labute approximate surface area is 139 Å². The third-order valence-corrected chi connectivity index (χ3v) is 5.67. The molecule has 0 bridgehead atoms. The van der Waals surface area contributed by atoms with Crippen molar-refractivity contribution in [2.24, 2.45) is 5.92 Å². The summed E-state index contributed by atoms with van der Waals surface area (Å²) in [5, 5.41) is 13.0. The van der Waals surface area contributed by atoms with E-state index in [9.17, 15) is 4.79 Å². The topological polar surface area (TPSA) is 58.1 Å². The molecule has 6 heteroatoms. The van der Waals surface area contributed by atoms with Gasteiger partial charge in [-0.1, -0.05) is 41.7 Å². The highest BCUT2D eigenvalue weighted by atomic mass is 32.1. The van der Waals surface area contributed by atoms with Crippen LogP contribution in [0.2, 0.25) is 0 Å². The van der Waals surface area contributed by atoms with Gasteiger partial charge in [-0.15, -0.1) is 10.2 Å². The molecule has 2 heterocycles. The maximum atomic E-state index is 12.7. The number of likely N-dealkylation sites (N-methyl/N-ethyl adjacent to an activating group) is 1. The van der Waals surface area contributed by atoms with Crippen LogP contribution in [0.3, 0.4) is 0 Å². The number of benzene rings is 1. The second-order valence-electron chi connectivity index (χ2n) is 6.55. The Morgan fingerprint density at radius 3 is 2.74 bits per heavy atom. The van der Waals surface area contributed by atoms with Gasteiger partial charge >= 0.3 is 0 Å². The Morgan fingerprint density at radius 1 is 1.22 bits per heavy atom. The van der Waals surface area contributed by atoms with Crippen LogP contribution in [0.4, 0.5) is 5.13 Å². The highest BCUT2D eigenvalue weighted by Gasteiger charge is 2.37. The number of hydrogen-bond donors (Lipinski definition) is 1. The number of rotatable bonds is 4. The third-order valence-electron chi connectivity index (χ3n) is 4.66. The summed E-state index contributed by atoms with van der Waals surface area (Å²) >= 11 is 1.52. The van der Waals surface area contributed by atoms with E-state index >= 15 is 0 Å². The van der Waals surface area contributed by atoms with Crippen molar-refractivity contribution in [2.45, 2.75) is 24.7 Å². The van der Waals surface area contributed by atoms with Gasteiger partial charge in [-0.3, -0.25) is 4.79 Å². The van der Waals surface area contributed by atoms with Gasteiger partial charge < -0.3 is 10.2 Å². The lowest BCUT2D eigenvalue weighted by Crippen LogP contribution is -2.28. The van der Waals surface area contributed by atoms with Gasteiger partial charge in [0.05, 0.1) is 5.92 Å². The van der Waals surface area contributed by atoms with Gasteiger partial charge in [0.2, 0.25) is 11.0 Å². The molecule has 1 saturated carbocycles. The highest BCUT2D eigenvalue weighted by molar-refractivity contribution is 7.15. The fourth-order valence-electron chi connectivity index (χ4n) is 3.28. The first-order valence-corrected chi connectivity index (χ1v) is 8.90. The molecule has 2 fully saturated rings. The first kappa shape index (κ1) is 14.8. The number of nitrogens with zero attached hydrogens (tertiary/aromatic N) is 3. The highest BCUT2D eigenvalue weighted by Crippen LogP contribution is 2.42. The summed E-state index contributed by atoms with van der Waals surface area (Å²) in [7, 11) is 2.07. The first-order chi connectivity index (χ1) is 11.2. The van der Waals surface area contributed by atoms with Crippen LogP contribution in [0.15, 0.2) is 30.3 Å². The first-order valence-electron chi connectivity index (χ1n) is 8.08. The molecule has 1 aromatic carbocycles. The summed E-state index contributed by atoms with van der Waals surface area (Å²) in [5.74, 6) is 0.822. The van der Waals surface area contributed by atoms with Crippen molar-refractivity contribution in [1.29, 1.82) is 0 Å². The van der Waals surface area contributed by atoms with Crippen LogP contribution in [-0.4, -0.2) is 41.1 Å². The molecule has 1 amide bonds. The number of hydrogen-bond acceptors (Lipinski definition) is 5. The smallest absolute Gasteiger partial charge is 0.231 e. The number of aromatic nitrogens is 2. The van der Waals surface area contributed by atoms with Crippen LogP contribution in [-0.2, 0) is 4.79 Å². The van der Waals surface area contributed by atoms with Crippen LogP contribution in [0.25, 0.3) is 0 Å². The molecule has 1 N–H and O–H groups in total. The molecule has 1 aromatic heterocycles. The van der Waals surface area contributed by atoms with Gasteiger partial charge in [0.25, 0.3) is 0 Å². The predicted molar refractivity (Wildman–Crippen MR) is 90.7 cm³/mol. The molecule has 2 unspecified atom stereocenters. The van der Waals surface area contributed by atoms with Gasteiger partial charge in [0.1, 0.15) is 5.01 Å². The molecule has 4 rings (SSSR count). The molecule has 2 aliphatic rings. The molecule has 5 nitrogen and oxygen atoms in total. The molecular weight excluding hydrogens is 308 g/mol. The number of likely N-dealkylation sites (tertiary alicyclic amines) is 1. The van der Waals surface area contributed by atoms with Crippen molar-refractivity contribution in [3.8, 4) is 0 Å². The van der Waals surface area contributed by atoms with Gasteiger partial charge in [-0.25, -0.2) is 0 Å². The van der Waals surface area contributed by atoms with Crippen molar-refractivity contribution >= 4 is 22.4 Å². The van der Waals surface area contributed by atoms with Crippen molar-refractivity contribution in [2.75, 3.05) is 25.5 Å². The van der Waals surface area contributed by atoms with E-state index in [-0.39, 0.29) is 17.7 Å². The van der Waals surface area contributed by atoms with Crippen LogP contribution in [0.1, 0.15) is 35.2 Å². The zero-order valence-electron chi connectivity index (χ0n) is 13.1. The Kier molecular flexibility index (Phi) is 3.87. The van der Waals surface area contributed by atoms with E-state index in [2.05, 4.69) is 39.6 Å². The van der Waals surface area contributed by atoms with E-state index in [0.29, 0.717) is 11.0 Å². The van der Waals surface area contributed by atoms with Gasteiger partial charge in [-0.2, -0.15) is 0 Å². The predicted octanol–water partition coefficient (Wildman–Crippen LogP) is 2.70. The molecule has 1 aliphatic carbocycles. The molecule has 1 saturated heterocycles. The Bertz CT molecular complexity index is 698. The minimum atomic E-state index is -0.0457. The zero-order valence-corrected chi connectivity index (χ0v) is 13.9. The average Bonchev–Trinajstić information content (AvgIpc) is 3.18. The fraction of sp³-hybridized carbons (Fsp3) is 0.471. The minimum absolute atomic E-state index is 0.0457. The fourth-order valence-corrected chi connectivity index (χ4v) is 4.20. The van der Waals surface area contributed by atoms with E-state index in [1.54, 1.807) is 0 Å². The second kappa shape index (κ2) is 6.02. The Hall–Kier alpha value is -1.79. The maximum Gasteiger partial charge on any atom is 0.231 e. The molecule has 1 aliphatic heterocycles. The largest absolute Gasteiger partial charge is 0.305 e. The van der Waals surface area contributed by atoms with Gasteiger partial charge in [0.15, 0.2) is 0 Å². The van der Waals surface area contributed by atoms with Crippen LogP contribution >= 0.6 is 11.3 Å². The number of anilines is 1. The molecule has 2 aromatic rings. The quantitative estimate of drug-likeness (QED) is 0.937. The number of carbonyl (C=O) groups is 1. The number of nitrogens with one attached hydrogen (secondary N) is 1. The summed E-state index contributed by atoms with van der Waals surface area (Å²) in [5.41, 5.74) is 1.23. The molecule has 0 radical (unpaired) electrons. The van der Waals surface area contributed by atoms with E-state index in [1.165, 1.54) is 29.7 Å². The van der Waals surface area contributed by atoms with E-state index in [4.69, 9.17) is 0 Å². The maximum absolute atomic E-state index is 12.7. The van der Waals surface area contributed by atoms with Gasteiger partial charge in [0, 0.05) is 24.9 Å². The molecular formula is C17H20N4OS. The molecule has 0 spiro atoms. The van der Waals surface area contributed by atoms with Crippen molar-refractivity contribution in [3.63, 3.8) is 0 Å². The monoisotopic (exact) mass is 328 g/mol. The normalized spacial score (nSPS) is 24.7. The lowest BCUT2D eigenvalue weighted by Gasteiger charge is -2.17. The number of carbonyl (C=O) groups excluding carboxylic acids is 1. The van der Waals surface area contributed by atoms with Crippen molar-refractivity contribution in [3.05, 3.63) is 40.9 Å². The summed E-state index contributed by atoms with van der Waals surface area (Å²) in [6, 6.07) is 10.3. The SMILES string of the molecule is CN1CC(C(=O)Nc2nnc(C3CC3)s2)C(c2ccccc2)C1. The van der Waals surface area contributed by atoms with Gasteiger partial charge in [-0.05, 0) is 25.5 Å². The van der Waals surface area contributed by atoms with Crippen LogP contribution in [0.5, 0.6) is 0 Å². The summed E-state index contributed by atoms with van der Waals surface area (Å²) in [6.45, 7) is 1.69. The minimum Gasteiger partial charge on any atom is -0.305 e. The van der Waals surface area contributed by atoms with Crippen molar-refractivity contribution in [1.82, 2.24) is 15.1 Å². The van der Waals surface area contributed by atoms with Crippen molar-refractivity contribution < 1.29 is 4.79 Å². The molecule has 2 atom stereocenters. The van der Waals surface area contributed by atoms with E-state index < -0.39 is 0 Å². The second-order valence-corrected chi connectivity index (χ2v) is 7.56. The lowest BCUT2D eigenvalue weighted by atomic mass is 9.88. The zero-order chi connectivity index (χ0) is 15.8. The Balaban J connectivity index is 1.49. The Morgan fingerprint density at radius 2 is 2.00 bits per heavy atom. The average molecular weight is 328 g/mol.